The minimum atomic E-state index is -3.59. The second-order valence-corrected chi connectivity index (χ2v) is 8.99. The Morgan fingerprint density at radius 2 is 1.72 bits per heavy atom. The van der Waals surface area contributed by atoms with Gasteiger partial charge in [-0.1, -0.05) is 12.1 Å². The van der Waals surface area contributed by atoms with E-state index in [0.717, 1.165) is 16.9 Å². The number of nitrogens with one attached hydrogen (secondary N) is 2. The Hall–Kier alpha value is -2.58. The van der Waals surface area contributed by atoms with Gasteiger partial charge in [-0.25, -0.2) is 17.9 Å². The lowest BCUT2D eigenvalue weighted by Crippen LogP contribution is -2.47. The van der Waals surface area contributed by atoms with Crippen LogP contribution in [0, 0.1) is 13.8 Å². The SMILES string of the molecule is COc1ccc(NC(=O)N2CCC(NS(=O)(=O)c3cc(C)ccc3C)CC2)cc1. The number of rotatable bonds is 5. The quantitative estimate of drug-likeness (QED) is 0.781. The standard InChI is InChI=1S/C21H27N3O4S/c1-15-4-5-16(2)20(14-15)29(26,27)23-18-10-12-24(13-11-18)21(25)22-17-6-8-19(28-3)9-7-17/h4-9,14,18,23H,10-13H2,1-3H3,(H,22,25). The van der Waals surface area contributed by atoms with E-state index in [1.807, 2.05) is 19.1 Å². The van der Waals surface area contributed by atoms with E-state index in [4.69, 9.17) is 4.74 Å². The average Bonchev–Trinajstić information content (AvgIpc) is 2.70. The smallest absolute Gasteiger partial charge is 0.321 e. The number of hydrogen-bond donors (Lipinski definition) is 2. The molecule has 3 rings (SSSR count). The molecule has 1 heterocycles. The number of likely N-dealkylation sites (tertiary alicyclic amines) is 1. The molecule has 0 bridgehead atoms. The number of benzene rings is 2. The summed E-state index contributed by atoms with van der Waals surface area (Å²) in [4.78, 5) is 14.5. The molecule has 0 spiro atoms. The van der Waals surface area contributed by atoms with Crippen LogP contribution in [0.2, 0.25) is 0 Å². The second-order valence-electron chi connectivity index (χ2n) is 7.31. The van der Waals surface area contributed by atoms with Crippen molar-refractivity contribution in [1.82, 2.24) is 9.62 Å². The van der Waals surface area contributed by atoms with Gasteiger partial charge in [-0.2, -0.15) is 0 Å². The summed E-state index contributed by atoms with van der Waals surface area (Å²) < 4.78 is 33.4. The highest BCUT2D eigenvalue weighted by molar-refractivity contribution is 7.89. The number of carbonyl (C=O) groups is 1. The Morgan fingerprint density at radius 1 is 1.07 bits per heavy atom. The molecule has 2 aromatic rings. The van der Waals surface area contributed by atoms with Crippen LogP contribution in [0.15, 0.2) is 47.4 Å². The van der Waals surface area contributed by atoms with Gasteiger partial charge < -0.3 is 15.0 Å². The van der Waals surface area contributed by atoms with Gasteiger partial charge in [0.2, 0.25) is 10.0 Å². The molecule has 0 unspecified atom stereocenters. The number of ether oxygens (including phenoxy) is 1. The monoisotopic (exact) mass is 417 g/mol. The number of anilines is 1. The molecule has 0 saturated carbocycles. The minimum Gasteiger partial charge on any atom is -0.497 e. The molecular weight excluding hydrogens is 390 g/mol. The van der Waals surface area contributed by atoms with Crippen LogP contribution in [-0.4, -0.2) is 45.6 Å². The number of piperidine rings is 1. The number of urea groups is 1. The zero-order chi connectivity index (χ0) is 21.0. The van der Waals surface area contributed by atoms with Gasteiger partial charge in [-0.3, -0.25) is 0 Å². The Balaban J connectivity index is 1.55. The lowest BCUT2D eigenvalue weighted by molar-refractivity contribution is 0.193. The van der Waals surface area contributed by atoms with Gasteiger partial charge >= 0.3 is 6.03 Å². The first-order valence-corrected chi connectivity index (χ1v) is 11.1. The van der Waals surface area contributed by atoms with Crippen LogP contribution in [0.5, 0.6) is 5.75 Å². The van der Waals surface area contributed by atoms with E-state index in [1.54, 1.807) is 49.3 Å². The van der Waals surface area contributed by atoms with Crippen molar-refractivity contribution in [1.29, 1.82) is 0 Å². The van der Waals surface area contributed by atoms with Crippen molar-refractivity contribution in [2.75, 3.05) is 25.5 Å². The van der Waals surface area contributed by atoms with E-state index >= 15 is 0 Å². The van der Waals surface area contributed by atoms with E-state index < -0.39 is 10.0 Å². The van der Waals surface area contributed by atoms with E-state index in [2.05, 4.69) is 10.0 Å². The zero-order valence-electron chi connectivity index (χ0n) is 16.9. The average molecular weight is 418 g/mol. The first-order valence-electron chi connectivity index (χ1n) is 9.58. The van der Waals surface area contributed by atoms with Crippen LogP contribution >= 0.6 is 0 Å². The van der Waals surface area contributed by atoms with Crippen LogP contribution in [0.4, 0.5) is 10.5 Å². The van der Waals surface area contributed by atoms with Crippen molar-refractivity contribution in [3.8, 4) is 5.75 Å². The summed E-state index contributed by atoms with van der Waals surface area (Å²) in [5.74, 6) is 0.722. The number of carbonyl (C=O) groups excluding carboxylic acids is 1. The predicted molar refractivity (Wildman–Crippen MR) is 113 cm³/mol. The molecule has 0 radical (unpaired) electrons. The highest BCUT2D eigenvalue weighted by Crippen LogP contribution is 2.20. The fourth-order valence-electron chi connectivity index (χ4n) is 3.36. The molecule has 1 fully saturated rings. The summed E-state index contributed by atoms with van der Waals surface area (Å²) in [6.07, 6.45) is 1.14. The maximum Gasteiger partial charge on any atom is 0.321 e. The predicted octanol–water partition coefficient (Wildman–Crippen LogP) is 3.29. The number of methoxy groups -OCH3 is 1. The summed E-state index contributed by atoms with van der Waals surface area (Å²) >= 11 is 0. The van der Waals surface area contributed by atoms with E-state index in [-0.39, 0.29) is 12.1 Å². The number of aryl methyl sites for hydroxylation is 2. The molecule has 0 aromatic heterocycles. The highest BCUT2D eigenvalue weighted by atomic mass is 32.2. The molecule has 0 atom stereocenters. The van der Waals surface area contributed by atoms with Gasteiger partial charge in [0, 0.05) is 24.8 Å². The molecule has 2 amide bonds. The molecule has 1 aliphatic heterocycles. The van der Waals surface area contributed by atoms with Gasteiger partial charge in [0.05, 0.1) is 12.0 Å². The highest BCUT2D eigenvalue weighted by Gasteiger charge is 2.27. The number of hydrogen-bond acceptors (Lipinski definition) is 4. The number of sulfonamides is 1. The first-order chi connectivity index (χ1) is 13.8. The molecule has 2 aromatic carbocycles. The summed E-state index contributed by atoms with van der Waals surface area (Å²) in [7, 11) is -2.00. The van der Waals surface area contributed by atoms with E-state index in [0.29, 0.717) is 36.5 Å². The van der Waals surface area contributed by atoms with Crippen molar-refractivity contribution in [3.63, 3.8) is 0 Å². The molecule has 7 nitrogen and oxygen atoms in total. The Bertz CT molecular complexity index is 966. The summed E-state index contributed by atoms with van der Waals surface area (Å²) in [5.41, 5.74) is 2.31. The van der Waals surface area contributed by atoms with Crippen LogP contribution in [-0.2, 0) is 10.0 Å². The van der Waals surface area contributed by atoms with Crippen molar-refractivity contribution < 1.29 is 17.9 Å². The van der Waals surface area contributed by atoms with Gasteiger partial charge in [0.15, 0.2) is 0 Å². The lowest BCUT2D eigenvalue weighted by atomic mass is 10.1. The van der Waals surface area contributed by atoms with Crippen LogP contribution < -0.4 is 14.8 Å². The molecule has 1 aliphatic rings. The lowest BCUT2D eigenvalue weighted by Gasteiger charge is -2.32. The Morgan fingerprint density at radius 3 is 2.34 bits per heavy atom. The zero-order valence-corrected chi connectivity index (χ0v) is 17.8. The van der Waals surface area contributed by atoms with E-state index in [1.165, 1.54) is 0 Å². The fraction of sp³-hybridized carbons (Fsp3) is 0.381. The maximum atomic E-state index is 12.8. The van der Waals surface area contributed by atoms with Crippen LogP contribution in [0.3, 0.4) is 0 Å². The first kappa shape index (κ1) is 21.1. The molecular formula is C21H27N3O4S. The van der Waals surface area contributed by atoms with Crippen molar-refractivity contribution >= 4 is 21.7 Å². The van der Waals surface area contributed by atoms with Gasteiger partial charge in [-0.15, -0.1) is 0 Å². The third kappa shape index (κ3) is 5.27. The van der Waals surface area contributed by atoms with Crippen LogP contribution in [0.1, 0.15) is 24.0 Å². The van der Waals surface area contributed by atoms with Crippen molar-refractivity contribution in [2.45, 2.75) is 37.6 Å². The van der Waals surface area contributed by atoms with Gasteiger partial charge in [0.25, 0.3) is 0 Å². The van der Waals surface area contributed by atoms with Gasteiger partial charge in [-0.05, 0) is 68.1 Å². The van der Waals surface area contributed by atoms with Crippen molar-refractivity contribution in [3.05, 3.63) is 53.6 Å². The number of amides is 2. The van der Waals surface area contributed by atoms with E-state index in [9.17, 15) is 13.2 Å². The molecule has 2 N–H and O–H groups in total. The van der Waals surface area contributed by atoms with Gasteiger partial charge in [0.1, 0.15) is 5.75 Å². The largest absolute Gasteiger partial charge is 0.497 e. The minimum absolute atomic E-state index is 0.189. The maximum absolute atomic E-state index is 12.8. The summed E-state index contributed by atoms with van der Waals surface area (Å²) in [6.45, 7) is 4.64. The molecule has 156 valence electrons. The molecule has 8 heteroatoms. The Labute approximate surface area is 172 Å². The normalized spacial score (nSPS) is 15.2. The van der Waals surface area contributed by atoms with Crippen LogP contribution in [0.25, 0.3) is 0 Å². The third-order valence-corrected chi connectivity index (χ3v) is 6.74. The topological polar surface area (TPSA) is 87.7 Å². The molecule has 1 saturated heterocycles. The summed E-state index contributed by atoms with van der Waals surface area (Å²) in [6, 6.07) is 12.1. The second kappa shape index (κ2) is 8.84. The number of nitrogens with zero attached hydrogens (tertiary/aromatic N) is 1. The summed E-state index contributed by atoms with van der Waals surface area (Å²) in [5, 5.41) is 2.86. The fourth-order valence-corrected chi connectivity index (χ4v) is 4.99. The molecule has 29 heavy (non-hydrogen) atoms. The molecule has 0 aliphatic carbocycles. The third-order valence-electron chi connectivity index (χ3n) is 5.08. The Kier molecular flexibility index (Phi) is 6.44. The van der Waals surface area contributed by atoms with Crippen molar-refractivity contribution in [2.24, 2.45) is 0 Å².